The lowest BCUT2D eigenvalue weighted by atomic mass is 10.2. The van der Waals surface area contributed by atoms with Crippen LogP contribution >= 0.6 is 23.2 Å². The molecule has 0 aromatic heterocycles. The second-order valence-corrected chi connectivity index (χ2v) is 9.24. The van der Waals surface area contributed by atoms with Gasteiger partial charge in [-0.3, -0.25) is 0 Å². The molecular formula is C19H19Cl2NO5S. The normalized spacial score (nSPS) is 14.1. The van der Waals surface area contributed by atoms with Gasteiger partial charge in [0.05, 0.1) is 15.8 Å². The Morgan fingerprint density at radius 3 is 2.32 bits per heavy atom. The summed E-state index contributed by atoms with van der Waals surface area (Å²) in [7, 11) is -3.54. The summed E-state index contributed by atoms with van der Waals surface area (Å²) in [5.41, 5.74) is 0.661. The third-order valence-electron chi connectivity index (χ3n) is 4.17. The number of likely N-dealkylation sites (tertiary alicyclic amines) is 1. The van der Waals surface area contributed by atoms with E-state index in [2.05, 4.69) is 0 Å². The van der Waals surface area contributed by atoms with E-state index < -0.39 is 21.9 Å². The van der Waals surface area contributed by atoms with E-state index in [1.54, 1.807) is 29.2 Å². The number of hydrogen-bond acceptors (Lipinski definition) is 5. The Morgan fingerprint density at radius 1 is 1.00 bits per heavy atom. The van der Waals surface area contributed by atoms with Gasteiger partial charge in [0.2, 0.25) is 0 Å². The zero-order valence-electron chi connectivity index (χ0n) is 14.9. The zero-order chi connectivity index (χ0) is 20.1. The van der Waals surface area contributed by atoms with Crippen LogP contribution in [-0.4, -0.2) is 38.4 Å². The number of benzene rings is 2. The fourth-order valence-electron chi connectivity index (χ4n) is 2.78. The SMILES string of the molecule is O=C(Oc1cc(OCS(=O)(=O)Cc2ccccc2)c(Cl)cc1Cl)N1CCCC1. The van der Waals surface area contributed by atoms with Crippen molar-refractivity contribution in [3.8, 4) is 11.5 Å². The minimum Gasteiger partial charge on any atom is -0.476 e. The summed E-state index contributed by atoms with van der Waals surface area (Å²) in [5.74, 6) is -0.580. The average molecular weight is 444 g/mol. The topological polar surface area (TPSA) is 72.9 Å². The number of hydrogen-bond donors (Lipinski definition) is 0. The molecule has 150 valence electrons. The highest BCUT2D eigenvalue weighted by atomic mass is 35.5. The second-order valence-electron chi connectivity index (χ2n) is 6.41. The molecule has 28 heavy (non-hydrogen) atoms. The Morgan fingerprint density at radius 2 is 1.64 bits per heavy atom. The summed E-state index contributed by atoms with van der Waals surface area (Å²) < 4.78 is 35.3. The molecule has 0 radical (unpaired) electrons. The molecule has 3 rings (SSSR count). The molecule has 0 N–H and O–H groups in total. The van der Waals surface area contributed by atoms with Crippen molar-refractivity contribution in [2.24, 2.45) is 0 Å². The molecule has 2 aromatic rings. The summed E-state index contributed by atoms with van der Waals surface area (Å²) in [6.07, 6.45) is 1.35. The van der Waals surface area contributed by atoms with E-state index in [1.807, 2.05) is 6.07 Å². The Bertz CT molecular complexity index is 944. The first kappa shape index (κ1) is 20.8. The molecule has 0 unspecified atom stereocenters. The summed E-state index contributed by atoms with van der Waals surface area (Å²) in [4.78, 5) is 13.7. The summed E-state index contributed by atoms with van der Waals surface area (Å²) in [6, 6.07) is 11.5. The first-order valence-electron chi connectivity index (χ1n) is 8.67. The lowest BCUT2D eigenvalue weighted by Gasteiger charge is -2.16. The Kier molecular flexibility index (Phi) is 6.69. The van der Waals surface area contributed by atoms with Crippen molar-refractivity contribution in [1.29, 1.82) is 0 Å². The number of carbonyl (C=O) groups is 1. The molecule has 1 aliphatic heterocycles. The van der Waals surface area contributed by atoms with Crippen molar-refractivity contribution in [3.63, 3.8) is 0 Å². The molecule has 2 aromatic carbocycles. The van der Waals surface area contributed by atoms with E-state index in [9.17, 15) is 13.2 Å². The molecule has 1 saturated heterocycles. The maximum absolute atomic E-state index is 12.3. The van der Waals surface area contributed by atoms with E-state index in [1.165, 1.54) is 12.1 Å². The number of sulfone groups is 1. The van der Waals surface area contributed by atoms with Crippen LogP contribution in [0.4, 0.5) is 4.79 Å². The fourth-order valence-corrected chi connectivity index (χ4v) is 4.35. The van der Waals surface area contributed by atoms with Crippen LogP contribution < -0.4 is 9.47 Å². The van der Waals surface area contributed by atoms with Gasteiger partial charge in [-0.2, -0.15) is 0 Å². The quantitative estimate of drug-likeness (QED) is 0.654. The Balaban J connectivity index is 1.68. The predicted octanol–water partition coefficient (Wildman–Crippen LogP) is 4.54. The van der Waals surface area contributed by atoms with E-state index in [0.29, 0.717) is 18.7 Å². The molecule has 0 bridgehead atoms. The number of amides is 1. The van der Waals surface area contributed by atoms with E-state index >= 15 is 0 Å². The number of rotatable bonds is 6. The van der Waals surface area contributed by atoms with Crippen LogP contribution in [0.3, 0.4) is 0 Å². The molecule has 6 nitrogen and oxygen atoms in total. The van der Waals surface area contributed by atoms with Crippen LogP contribution in [0.2, 0.25) is 10.0 Å². The van der Waals surface area contributed by atoms with Gasteiger partial charge in [0.25, 0.3) is 0 Å². The molecule has 1 heterocycles. The number of nitrogens with zero attached hydrogens (tertiary/aromatic N) is 1. The lowest BCUT2D eigenvalue weighted by Crippen LogP contribution is -2.30. The molecular weight excluding hydrogens is 425 g/mol. The summed E-state index contributed by atoms with van der Waals surface area (Å²) >= 11 is 12.2. The van der Waals surface area contributed by atoms with Crippen molar-refractivity contribution in [3.05, 3.63) is 58.1 Å². The standard InChI is InChI=1S/C19H19Cl2NO5S/c20-15-10-16(21)18(27-19(23)22-8-4-5-9-22)11-17(15)26-13-28(24,25)12-14-6-2-1-3-7-14/h1-3,6-7,10-11H,4-5,8-9,12-13H2. The van der Waals surface area contributed by atoms with Crippen molar-refractivity contribution in [2.45, 2.75) is 18.6 Å². The number of ether oxygens (including phenoxy) is 2. The molecule has 0 spiro atoms. The highest BCUT2D eigenvalue weighted by Gasteiger charge is 2.22. The minimum absolute atomic E-state index is 0.0680. The number of carbonyl (C=O) groups excluding carboxylic acids is 1. The predicted molar refractivity (Wildman–Crippen MR) is 108 cm³/mol. The van der Waals surface area contributed by atoms with Crippen LogP contribution in [0.15, 0.2) is 42.5 Å². The molecule has 0 saturated carbocycles. The van der Waals surface area contributed by atoms with Gasteiger partial charge in [-0.15, -0.1) is 0 Å². The molecule has 1 fully saturated rings. The van der Waals surface area contributed by atoms with Crippen LogP contribution in [0, 0.1) is 0 Å². The first-order chi connectivity index (χ1) is 13.3. The maximum Gasteiger partial charge on any atom is 0.415 e. The van der Waals surface area contributed by atoms with Gasteiger partial charge in [-0.05, 0) is 24.5 Å². The summed E-state index contributed by atoms with van der Waals surface area (Å²) in [6.45, 7) is 1.26. The van der Waals surface area contributed by atoms with E-state index in [-0.39, 0.29) is 27.3 Å². The van der Waals surface area contributed by atoms with Crippen molar-refractivity contribution in [1.82, 2.24) is 4.90 Å². The highest BCUT2D eigenvalue weighted by molar-refractivity contribution is 7.90. The summed E-state index contributed by atoms with van der Waals surface area (Å²) in [5, 5.41) is 0.262. The van der Waals surface area contributed by atoms with Gasteiger partial charge in [0.15, 0.2) is 21.5 Å². The Labute approximate surface area is 173 Å². The van der Waals surface area contributed by atoms with Gasteiger partial charge in [-0.25, -0.2) is 13.2 Å². The average Bonchev–Trinajstić information content (AvgIpc) is 3.18. The van der Waals surface area contributed by atoms with Gasteiger partial charge >= 0.3 is 6.09 Å². The van der Waals surface area contributed by atoms with E-state index in [4.69, 9.17) is 32.7 Å². The van der Waals surface area contributed by atoms with Crippen LogP contribution in [0.5, 0.6) is 11.5 Å². The van der Waals surface area contributed by atoms with Crippen LogP contribution in [0.1, 0.15) is 18.4 Å². The van der Waals surface area contributed by atoms with Crippen molar-refractivity contribution in [2.75, 3.05) is 19.0 Å². The second kappa shape index (κ2) is 9.03. The van der Waals surface area contributed by atoms with E-state index in [0.717, 1.165) is 12.8 Å². The maximum atomic E-state index is 12.3. The third kappa shape index (κ3) is 5.53. The largest absolute Gasteiger partial charge is 0.476 e. The first-order valence-corrected chi connectivity index (χ1v) is 11.2. The van der Waals surface area contributed by atoms with Gasteiger partial charge in [0, 0.05) is 19.2 Å². The van der Waals surface area contributed by atoms with Crippen molar-refractivity contribution >= 4 is 39.1 Å². The monoisotopic (exact) mass is 443 g/mol. The van der Waals surface area contributed by atoms with Crippen molar-refractivity contribution < 1.29 is 22.7 Å². The molecule has 0 atom stereocenters. The molecule has 0 aliphatic carbocycles. The molecule has 9 heteroatoms. The zero-order valence-corrected chi connectivity index (χ0v) is 17.3. The highest BCUT2D eigenvalue weighted by Crippen LogP contribution is 2.36. The minimum atomic E-state index is -3.54. The van der Waals surface area contributed by atoms with Crippen LogP contribution in [-0.2, 0) is 15.6 Å². The van der Waals surface area contributed by atoms with Gasteiger partial charge in [0.1, 0.15) is 5.75 Å². The Hall–Kier alpha value is -1.96. The van der Waals surface area contributed by atoms with Gasteiger partial charge in [-0.1, -0.05) is 53.5 Å². The molecule has 1 amide bonds. The molecule has 1 aliphatic rings. The lowest BCUT2D eigenvalue weighted by molar-refractivity contribution is 0.162. The fraction of sp³-hybridized carbons (Fsp3) is 0.316. The smallest absolute Gasteiger partial charge is 0.415 e. The van der Waals surface area contributed by atoms with Crippen LogP contribution in [0.25, 0.3) is 0 Å². The van der Waals surface area contributed by atoms with Gasteiger partial charge < -0.3 is 14.4 Å². The third-order valence-corrected chi connectivity index (χ3v) is 6.01. The number of halogens is 2.